The van der Waals surface area contributed by atoms with Crippen LogP contribution in [0, 0.1) is 28.0 Å². The van der Waals surface area contributed by atoms with Crippen LogP contribution in [0.5, 0.6) is 0 Å². The molecule has 114 valence electrons. The van der Waals surface area contributed by atoms with Crippen LogP contribution in [0.4, 0.5) is 4.39 Å². The summed E-state index contributed by atoms with van der Waals surface area (Å²) < 4.78 is 13.2. The molecule has 0 spiro atoms. The quantitative estimate of drug-likeness (QED) is 0.552. The predicted octanol–water partition coefficient (Wildman–Crippen LogP) is 6.26. The maximum Gasteiger partial charge on any atom is 0.123 e. The first-order chi connectivity index (χ1) is 9.82. The van der Waals surface area contributed by atoms with Gasteiger partial charge in [0.05, 0.1) is 0 Å². The molecule has 21 heavy (non-hydrogen) atoms. The first-order valence-electron chi connectivity index (χ1n) is 8.21. The highest BCUT2D eigenvalue weighted by atomic mass is 79.9. The highest BCUT2D eigenvalue weighted by molar-refractivity contribution is 9.09. The molecule has 0 N–H and O–H groups in total. The molecule has 4 fully saturated rings. The van der Waals surface area contributed by atoms with Gasteiger partial charge in [-0.1, -0.05) is 41.9 Å². The van der Waals surface area contributed by atoms with Gasteiger partial charge in [-0.3, -0.25) is 0 Å². The third-order valence-electron chi connectivity index (χ3n) is 6.37. The SMILES string of the molecule is CC12CC3CC(C)(C1)CC(C(Br)c1ccc(F)cc1)(C3)C2. The van der Waals surface area contributed by atoms with Crippen molar-refractivity contribution in [2.75, 3.05) is 0 Å². The Hall–Kier alpha value is -0.370. The molecular formula is C19H24BrF. The van der Waals surface area contributed by atoms with Crippen LogP contribution in [0.1, 0.15) is 62.8 Å². The maximum absolute atomic E-state index is 13.2. The van der Waals surface area contributed by atoms with E-state index in [9.17, 15) is 4.39 Å². The van der Waals surface area contributed by atoms with Crippen molar-refractivity contribution < 1.29 is 4.39 Å². The third-order valence-corrected chi connectivity index (χ3v) is 7.87. The molecular weight excluding hydrogens is 327 g/mol. The monoisotopic (exact) mass is 350 g/mol. The largest absolute Gasteiger partial charge is 0.207 e. The van der Waals surface area contributed by atoms with Crippen molar-refractivity contribution in [2.24, 2.45) is 22.2 Å². The molecule has 0 radical (unpaired) electrons. The minimum absolute atomic E-state index is 0.136. The number of alkyl halides is 1. The van der Waals surface area contributed by atoms with Crippen LogP contribution in [0.3, 0.4) is 0 Å². The average molecular weight is 351 g/mol. The lowest BCUT2D eigenvalue weighted by Gasteiger charge is -2.66. The fraction of sp³-hybridized carbons (Fsp3) is 0.684. The lowest BCUT2D eigenvalue weighted by atomic mass is 9.39. The Kier molecular flexibility index (Phi) is 2.94. The second-order valence-corrected chi connectivity index (χ2v) is 9.82. The van der Waals surface area contributed by atoms with E-state index in [4.69, 9.17) is 0 Å². The summed E-state index contributed by atoms with van der Waals surface area (Å²) in [5.41, 5.74) is 2.69. The van der Waals surface area contributed by atoms with E-state index in [0.29, 0.717) is 21.1 Å². The molecule has 0 heterocycles. The number of hydrogen-bond donors (Lipinski definition) is 0. The second kappa shape index (κ2) is 4.34. The van der Waals surface area contributed by atoms with E-state index in [1.54, 1.807) is 12.1 Å². The molecule has 3 unspecified atom stereocenters. The maximum atomic E-state index is 13.2. The number of benzene rings is 1. The Bertz CT molecular complexity index is 545. The third kappa shape index (κ3) is 2.20. The Morgan fingerprint density at radius 3 is 2.10 bits per heavy atom. The normalized spacial score (nSPS) is 45.8. The standard InChI is InChI=1S/C19H24BrF/c1-17-7-13-8-18(2,10-17)12-19(9-13,11-17)16(20)14-3-5-15(21)6-4-14/h3-6,13,16H,7-12H2,1-2H3. The number of hydrogen-bond acceptors (Lipinski definition) is 0. The fourth-order valence-electron chi connectivity index (χ4n) is 6.80. The van der Waals surface area contributed by atoms with Gasteiger partial charge in [-0.2, -0.15) is 0 Å². The van der Waals surface area contributed by atoms with Gasteiger partial charge in [-0.15, -0.1) is 0 Å². The zero-order chi connectivity index (χ0) is 14.9. The van der Waals surface area contributed by atoms with Crippen molar-refractivity contribution in [3.63, 3.8) is 0 Å². The average Bonchev–Trinajstić information content (AvgIpc) is 2.34. The number of rotatable bonds is 2. The number of halogens is 2. The van der Waals surface area contributed by atoms with Crippen molar-refractivity contribution in [1.29, 1.82) is 0 Å². The fourth-order valence-corrected chi connectivity index (χ4v) is 7.62. The second-order valence-electron chi connectivity index (χ2n) is 8.91. The zero-order valence-electron chi connectivity index (χ0n) is 13.0. The van der Waals surface area contributed by atoms with E-state index in [0.717, 1.165) is 5.92 Å². The molecule has 0 aliphatic heterocycles. The Morgan fingerprint density at radius 2 is 1.57 bits per heavy atom. The summed E-state index contributed by atoms with van der Waals surface area (Å²) >= 11 is 4.02. The van der Waals surface area contributed by atoms with E-state index in [1.165, 1.54) is 44.1 Å². The van der Waals surface area contributed by atoms with E-state index in [-0.39, 0.29) is 5.82 Å². The summed E-state index contributed by atoms with van der Waals surface area (Å²) in [6.45, 7) is 5.02. The van der Waals surface area contributed by atoms with Gasteiger partial charge in [0.2, 0.25) is 0 Å². The molecule has 5 rings (SSSR count). The lowest BCUT2D eigenvalue weighted by molar-refractivity contribution is -0.144. The summed E-state index contributed by atoms with van der Waals surface area (Å²) in [5.74, 6) is 0.764. The van der Waals surface area contributed by atoms with Gasteiger partial charge in [0.15, 0.2) is 0 Å². The van der Waals surface area contributed by atoms with Crippen LogP contribution in [-0.4, -0.2) is 0 Å². The van der Waals surface area contributed by atoms with E-state index in [2.05, 4.69) is 29.8 Å². The smallest absolute Gasteiger partial charge is 0.123 e. The van der Waals surface area contributed by atoms with Gasteiger partial charge in [-0.05, 0) is 78.4 Å². The van der Waals surface area contributed by atoms with Gasteiger partial charge in [0.1, 0.15) is 5.82 Å². The van der Waals surface area contributed by atoms with Crippen molar-refractivity contribution >= 4 is 15.9 Å². The summed E-state index contributed by atoms with van der Waals surface area (Å²) in [6.07, 6.45) is 8.27. The summed E-state index contributed by atoms with van der Waals surface area (Å²) in [4.78, 5) is 0.368. The molecule has 4 bridgehead atoms. The van der Waals surface area contributed by atoms with Crippen LogP contribution in [-0.2, 0) is 0 Å². The van der Waals surface area contributed by atoms with Gasteiger partial charge in [0, 0.05) is 4.83 Å². The predicted molar refractivity (Wildman–Crippen MR) is 87.9 cm³/mol. The molecule has 0 aromatic heterocycles. The lowest BCUT2D eigenvalue weighted by Crippen LogP contribution is -2.56. The zero-order valence-corrected chi connectivity index (χ0v) is 14.5. The van der Waals surface area contributed by atoms with Gasteiger partial charge in [0.25, 0.3) is 0 Å². The van der Waals surface area contributed by atoms with E-state index >= 15 is 0 Å². The van der Waals surface area contributed by atoms with E-state index in [1.807, 2.05) is 12.1 Å². The Labute approximate surface area is 135 Å². The van der Waals surface area contributed by atoms with Gasteiger partial charge >= 0.3 is 0 Å². The highest BCUT2D eigenvalue weighted by Gasteiger charge is 2.61. The van der Waals surface area contributed by atoms with Gasteiger partial charge < -0.3 is 0 Å². The molecule has 3 atom stereocenters. The Balaban J connectivity index is 1.72. The summed E-state index contributed by atoms with van der Waals surface area (Å²) in [6, 6.07) is 7.15. The van der Waals surface area contributed by atoms with Crippen molar-refractivity contribution in [2.45, 2.75) is 57.2 Å². The summed E-state index contributed by atoms with van der Waals surface area (Å²) in [5, 5.41) is 0. The molecule has 0 saturated heterocycles. The molecule has 4 saturated carbocycles. The van der Waals surface area contributed by atoms with Crippen LogP contribution in [0.15, 0.2) is 24.3 Å². The summed E-state index contributed by atoms with van der Waals surface area (Å²) in [7, 11) is 0. The van der Waals surface area contributed by atoms with Crippen molar-refractivity contribution in [1.82, 2.24) is 0 Å². The first kappa shape index (κ1) is 14.2. The molecule has 0 nitrogen and oxygen atoms in total. The van der Waals surface area contributed by atoms with Crippen molar-refractivity contribution in [3.8, 4) is 0 Å². The van der Waals surface area contributed by atoms with Crippen LogP contribution in [0.25, 0.3) is 0 Å². The first-order valence-corrected chi connectivity index (χ1v) is 9.13. The van der Waals surface area contributed by atoms with E-state index < -0.39 is 0 Å². The van der Waals surface area contributed by atoms with Gasteiger partial charge in [-0.25, -0.2) is 4.39 Å². The molecule has 4 aliphatic rings. The highest BCUT2D eigenvalue weighted by Crippen LogP contribution is 2.73. The topological polar surface area (TPSA) is 0 Å². The van der Waals surface area contributed by atoms with Crippen LogP contribution < -0.4 is 0 Å². The van der Waals surface area contributed by atoms with Crippen LogP contribution in [0.2, 0.25) is 0 Å². The molecule has 4 aliphatic carbocycles. The molecule has 2 heteroatoms. The minimum atomic E-state index is -0.136. The molecule has 0 amide bonds. The minimum Gasteiger partial charge on any atom is -0.207 e. The molecule has 1 aromatic carbocycles. The van der Waals surface area contributed by atoms with Crippen molar-refractivity contribution in [3.05, 3.63) is 35.6 Å². The Morgan fingerprint density at radius 1 is 1.00 bits per heavy atom. The molecule has 1 aromatic rings. The van der Waals surface area contributed by atoms with Crippen LogP contribution >= 0.6 is 15.9 Å².